The van der Waals surface area contributed by atoms with E-state index in [0.717, 1.165) is 0 Å². The Labute approximate surface area is 175 Å². The third-order valence-corrected chi connectivity index (χ3v) is 5.68. The Morgan fingerprint density at radius 3 is 2.27 bits per heavy atom. The molecule has 2 aromatic carbocycles. The predicted octanol–water partition coefficient (Wildman–Crippen LogP) is 2.68. The van der Waals surface area contributed by atoms with Crippen LogP contribution in [0.5, 0.6) is 0 Å². The van der Waals surface area contributed by atoms with Crippen molar-refractivity contribution in [2.24, 2.45) is 0 Å². The molecule has 0 saturated carbocycles. The number of halogens is 1. The molecule has 2 aromatic rings. The largest absolute Gasteiger partial charge is 0.452 e. The van der Waals surface area contributed by atoms with Crippen LogP contribution in [-0.2, 0) is 26.1 Å². The first kappa shape index (κ1) is 23.5. The molecule has 1 amide bonds. The quantitative estimate of drug-likeness (QED) is 0.650. The average Bonchev–Trinajstić information content (AvgIpc) is 2.65. The molecule has 0 bridgehead atoms. The number of carbonyl (C=O) groups excluding carboxylic acids is 2. The van der Waals surface area contributed by atoms with E-state index in [0.29, 0.717) is 11.1 Å². The van der Waals surface area contributed by atoms with Crippen LogP contribution in [0.15, 0.2) is 47.4 Å². The van der Waals surface area contributed by atoms with E-state index in [2.05, 4.69) is 10.0 Å². The van der Waals surface area contributed by atoms with Crippen molar-refractivity contribution in [3.8, 4) is 0 Å². The van der Waals surface area contributed by atoms with Crippen LogP contribution in [0, 0.1) is 12.7 Å². The number of esters is 1. The topological polar surface area (TPSA) is 102 Å². The van der Waals surface area contributed by atoms with Gasteiger partial charge in [-0.2, -0.15) is 0 Å². The van der Waals surface area contributed by atoms with Gasteiger partial charge in [-0.05, 0) is 69.2 Å². The van der Waals surface area contributed by atoms with Crippen molar-refractivity contribution in [1.29, 1.82) is 0 Å². The van der Waals surface area contributed by atoms with Gasteiger partial charge in [0.2, 0.25) is 10.0 Å². The molecule has 0 spiro atoms. The minimum Gasteiger partial charge on any atom is -0.452 e. The Bertz CT molecular complexity index is 1030. The first-order valence-corrected chi connectivity index (χ1v) is 10.7. The van der Waals surface area contributed by atoms with Crippen molar-refractivity contribution in [1.82, 2.24) is 10.0 Å². The molecule has 30 heavy (non-hydrogen) atoms. The van der Waals surface area contributed by atoms with Gasteiger partial charge in [-0.25, -0.2) is 22.3 Å². The summed E-state index contributed by atoms with van der Waals surface area (Å²) in [5, 5.41) is 2.53. The molecule has 0 saturated heterocycles. The summed E-state index contributed by atoms with van der Waals surface area (Å²) >= 11 is 0. The monoisotopic (exact) mass is 436 g/mol. The van der Waals surface area contributed by atoms with Gasteiger partial charge < -0.3 is 10.1 Å². The van der Waals surface area contributed by atoms with E-state index in [4.69, 9.17) is 4.74 Å². The van der Waals surface area contributed by atoms with Gasteiger partial charge in [0.1, 0.15) is 5.82 Å². The Hall–Kier alpha value is -2.78. The summed E-state index contributed by atoms with van der Waals surface area (Å²) in [6.07, 6.45) is 0. The third kappa shape index (κ3) is 6.93. The SMILES string of the molecule is Cc1ccc(CNC(=O)COC(=O)c2ccc(S(=O)(=O)NC(C)(C)C)cc2)cc1F. The number of hydrogen-bond acceptors (Lipinski definition) is 5. The number of aryl methyl sites for hydroxylation is 1. The van der Waals surface area contributed by atoms with Gasteiger partial charge in [-0.15, -0.1) is 0 Å². The van der Waals surface area contributed by atoms with Crippen molar-refractivity contribution in [3.05, 3.63) is 65.0 Å². The molecule has 0 fully saturated rings. The molecule has 0 aliphatic heterocycles. The number of hydrogen-bond donors (Lipinski definition) is 2. The van der Waals surface area contributed by atoms with Crippen molar-refractivity contribution in [2.45, 2.75) is 44.7 Å². The van der Waals surface area contributed by atoms with Crippen LogP contribution in [0.4, 0.5) is 4.39 Å². The maximum absolute atomic E-state index is 13.5. The maximum atomic E-state index is 13.5. The molecule has 0 radical (unpaired) electrons. The van der Waals surface area contributed by atoms with Crippen molar-refractivity contribution in [3.63, 3.8) is 0 Å². The Balaban J connectivity index is 1.88. The van der Waals surface area contributed by atoms with E-state index >= 15 is 0 Å². The number of ether oxygens (including phenoxy) is 1. The highest BCUT2D eigenvalue weighted by Gasteiger charge is 2.22. The maximum Gasteiger partial charge on any atom is 0.338 e. The van der Waals surface area contributed by atoms with Gasteiger partial charge in [0.15, 0.2) is 6.61 Å². The molecule has 9 heteroatoms. The molecule has 2 rings (SSSR count). The van der Waals surface area contributed by atoms with Crippen molar-refractivity contribution in [2.75, 3.05) is 6.61 Å². The van der Waals surface area contributed by atoms with Gasteiger partial charge in [0.05, 0.1) is 10.5 Å². The second kappa shape index (κ2) is 9.36. The van der Waals surface area contributed by atoms with E-state index in [1.165, 1.54) is 30.3 Å². The Kier molecular flexibility index (Phi) is 7.33. The number of nitrogens with one attached hydrogen (secondary N) is 2. The summed E-state index contributed by atoms with van der Waals surface area (Å²) in [5.41, 5.74) is 0.553. The highest BCUT2D eigenvalue weighted by atomic mass is 32.2. The molecule has 0 heterocycles. The molecule has 0 atom stereocenters. The zero-order valence-electron chi connectivity index (χ0n) is 17.3. The van der Waals surface area contributed by atoms with Gasteiger partial charge in [0.25, 0.3) is 5.91 Å². The van der Waals surface area contributed by atoms with Crippen LogP contribution >= 0.6 is 0 Å². The van der Waals surface area contributed by atoms with E-state index in [-0.39, 0.29) is 22.8 Å². The van der Waals surface area contributed by atoms with Crippen LogP contribution in [0.1, 0.15) is 42.3 Å². The minimum absolute atomic E-state index is 0.0112. The summed E-state index contributed by atoms with van der Waals surface area (Å²) < 4.78 is 45.5. The lowest BCUT2D eigenvalue weighted by molar-refractivity contribution is -0.124. The lowest BCUT2D eigenvalue weighted by Gasteiger charge is -2.20. The molecule has 2 N–H and O–H groups in total. The molecular weight excluding hydrogens is 411 g/mol. The number of sulfonamides is 1. The molecule has 162 valence electrons. The van der Waals surface area contributed by atoms with Gasteiger partial charge in [0, 0.05) is 12.1 Å². The highest BCUT2D eigenvalue weighted by Crippen LogP contribution is 2.14. The average molecular weight is 437 g/mol. The minimum atomic E-state index is -3.72. The number of rotatable bonds is 7. The molecular formula is C21H25FN2O5S. The van der Waals surface area contributed by atoms with Crippen molar-refractivity contribution >= 4 is 21.9 Å². The summed E-state index contributed by atoms with van der Waals surface area (Å²) in [7, 11) is -3.72. The van der Waals surface area contributed by atoms with Crippen LogP contribution in [0.3, 0.4) is 0 Å². The summed E-state index contributed by atoms with van der Waals surface area (Å²) in [6.45, 7) is 6.38. The molecule has 0 aromatic heterocycles. The number of amides is 1. The zero-order chi connectivity index (χ0) is 22.5. The molecule has 7 nitrogen and oxygen atoms in total. The zero-order valence-corrected chi connectivity index (χ0v) is 18.1. The highest BCUT2D eigenvalue weighted by molar-refractivity contribution is 7.89. The number of benzene rings is 2. The van der Waals surface area contributed by atoms with Crippen LogP contribution in [0.25, 0.3) is 0 Å². The summed E-state index contributed by atoms with van der Waals surface area (Å²) in [6, 6.07) is 9.82. The van der Waals surface area contributed by atoms with E-state index in [1.807, 2.05) is 0 Å². The third-order valence-electron chi connectivity index (χ3n) is 3.90. The van der Waals surface area contributed by atoms with Crippen LogP contribution in [0.2, 0.25) is 0 Å². The standard InChI is InChI=1S/C21H25FN2O5S/c1-14-5-6-15(11-18(14)22)12-23-19(25)13-29-20(26)16-7-9-17(10-8-16)30(27,28)24-21(2,3)4/h5-11,24H,12-13H2,1-4H3,(H,23,25). The van der Waals surface area contributed by atoms with E-state index in [9.17, 15) is 22.4 Å². The van der Waals surface area contributed by atoms with Gasteiger partial charge >= 0.3 is 5.97 Å². The van der Waals surface area contributed by atoms with E-state index in [1.54, 1.807) is 39.8 Å². The lowest BCUT2D eigenvalue weighted by Crippen LogP contribution is -2.40. The first-order chi connectivity index (χ1) is 13.9. The lowest BCUT2D eigenvalue weighted by atomic mass is 10.1. The smallest absolute Gasteiger partial charge is 0.338 e. The fourth-order valence-electron chi connectivity index (χ4n) is 2.44. The summed E-state index contributed by atoms with van der Waals surface area (Å²) in [5.74, 6) is -1.67. The first-order valence-electron chi connectivity index (χ1n) is 9.20. The molecule has 0 aliphatic carbocycles. The number of carbonyl (C=O) groups is 2. The van der Waals surface area contributed by atoms with Crippen LogP contribution in [-0.4, -0.2) is 32.4 Å². The van der Waals surface area contributed by atoms with Crippen LogP contribution < -0.4 is 10.0 Å². The van der Waals surface area contributed by atoms with E-state index < -0.39 is 34.0 Å². The fraction of sp³-hybridized carbons (Fsp3) is 0.333. The van der Waals surface area contributed by atoms with Crippen molar-refractivity contribution < 1.29 is 27.1 Å². The summed E-state index contributed by atoms with van der Waals surface area (Å²) in [4.78, 5) is 23.9. The molecule has 0 unspecified atom stereocenters. The second-order valence-corrected chi connectivity index (χ2v) is 9.50. The predicted molar refractivity (Wildman–Crippen MR) is 110 cm³/mol. The van der Waals surface area contributed by atoms with Gasteiger partial charge in [-0.1, -0.05) is 12.1 Å². The fourth-order valence-corrected chi connectivity index (χ4v) is 3.86. The molecule has 0 aliphatic rings. The second-order valence-electron chi connectivity index (χ2n) is 7.82. The Morgan fingerprint density at radius 2 is 1.70 bits per heavy atom. The normalized spacial score (nSPS) is 11.8. The Morgan fingerprint density at radius 1 is 1.07 bits per heavy atom. The van der Waals surface area contributed by atoms with Gasteiger partial charge in [-0.3, -0.25) is 4.79 Å².